The van der Waals surface area contributed by atoms with Crippen LogP contribution in [-0.4, -0.2) is 0 Å². The van der Waals surface area contributed by atoms with Crippen molar-refractivity contribution >= 4 is 0 Å². The van der Waals surface area contributed by atoms with Gasteiger partial charge in [-0.15, -0.1) is 0 Å². The molecule has 1 atom stereocenters. The highest BCUT2D eigenvalue weighted by Crippen LogP contribution is 2.39. The second kappa shape index (κ2) is 8.35. The summed E-state index contributed by atoms with van der Waals surface area (Å²) in [6.07, 6.45) is 7.03. The van der Waals surface area contributed by atoms with Gasteiger partial charge in [-0.25, -0.2) is 0 Å². The van der Waals surface area contributed by atoms with Crippen LogP contribution in [0.2, 0.25) is 0 Å². The predicted molar refractivity (Wildman–Crippen MR) is 121 cm³/mol. The van der Waals surface area contributed by atoms with Gasteiger partial charge in [0.05, 0.1) is 0 Å². The summed E-state index contributed by atoms with van der Waals surface area (Å²) in [4.78, 5) is 0. The van der Waals surface area contributed by atoms with Crippen LogP contribution in [0.3, 0.4) is 0 Å². The van der Waals surface area contributed by atoms with Crippen LogP contribution in [-0.2, 0) is 25.7 Å². The zero-order valence-corrected chi connectivity index (χ0v) is 17.6. The minimum absolute atomic E-state index is 0.551. The van der Waals surface area contributed by atoms with Gasteiger partial charge in [0.25, 0.3) is 0 Å². The predicted octanol–water partition coefficient (Wildman–Crippen LogP) is 7.45. The Morgan fingerprint density at radius 1 is 0.750 bits per heavy atom. The summed E-state index contributed by atoms with van der Waals surface area (Å²) >= 11 is 0. The smallest absolute Gasteiger partial charge is 0.00805 e. The van der Waals surface area contributed by atoms with Crippen LogP contribution in [0.4, 0.5) is 0 Å². The fraction of sp³-hybridized carbons (Fsp3) is 0.357. The first kappa shape index (κ1) is 19.0. The lowest BCUT2D eigenvalue weighted by molar-refractivity contribution is 0.686. The average Bonchev–Trinajstić information content (AvgIpc) is 2.86. The van der Waals surface area contributed by atoms with Crippen LogP contribution >= 0.6 is 0 Å². The largest absolute Gasteiger partial charge is 0.0651 e. The third kappa shape index (κ3) is 3.78. The molecule has 0 radical (unpaired) electrons. The number of hydrogen-bond donors (Lipinski definition) is 0. The molecule has 1 aliphatic carbocycles. The Kier molecular flexibility index (Phi) is 5.67. The van der Waals surface area contributed by atoms with Gasteiger partial charge in [-0.05, 0) is 83.0 Å². The molecule has 0 bridgehead atoms. The van der Waals surface area contributed by atoms with E-state index in [9.17, 15) is 0 Å². The highest BCUT2D eigenvalue weighted by atomic mass is 14.3. The van der Waals surface area contributed by atoms with Crippen LogP contribution in [0, 0.1) is 6.92 Å². The fourth-order valence-electron chi connectivity index (χ4n) is 4.81. The van der Waals surface area contributed by atoms with Gasteiger partial charge in [0, 0.05) is 0 Å². The number of rotatable bonds is 5. The molecular formula is C28H32. The van der Waals surface area contributed by atoms with E-state index < -0.39 is 0 Å². The van der Waals surface area contributed by atoms with Crippen LogP contribution in [0.1, 0.15) is 66.0 Å². The van der Waals surface area contributed by atoms with Crippen molar-refractivity contribution in [1.29, 1.82) is 0 Å². The van der Waals surface area contributed by atoms with E-state index in [0.29, 0.717) is 5.92 Å². The van der Waals surface area contributed by atoms with E-state index in [2.05, 4.69) is 81.4 Å². The van der Waals surface area contributed by atoms with E-state index in [4.69, 9.17) is 0 Å². The third-order valence-electron chi connectivity index (χ3n) is 6.31. The molecule has 4 rings (SSSR count). The van der Waals surface area contributed by atoms with Gasteiger partial charge in [-0.1, -0.05) is 87.4 Å². The Morgan fingerprint density at radius 3 is 2.32 bits per heavy atom. The van der Waals surface area contributed by atoms with Gasteiger partial charge in [-0.2, -0.15) is 0 Å². The van der Waals surface area contributed by atoms with Gasteiger partial charge in [0.15, 0.2) is 0 Å². The molecule has 28 heavy (non-hydrogen) atoms. The molecule has 0 heterocycles. The van der Waals surface area contributed by atoms with Gasteiger partial charge < -0.3 is 0 Å². The van der Waals surface area contributed by atoms with Crippen molar-refractivity contribution < 1.29 is 0 Å². The van der Waals surface area contributed by atoms with Crippen LogP contribution in [0.15, 0.2) is 60.7 Å². The molecule has 0 N–H and O–H groups in total. The van der Waals surface area contributed by atoms with E-state index in [1.54, 1.807) is 0 Å². The Morgan fingerprint density at radius 2 is 1.50 bits per heavy atom. The first-order valence-electron chi connectivity index (χ1n) is 11.0. The second-order valence-corrected chi connectivity index (χ2v) is 8.44. The van der Waals surface area contributed by atoms with E-state index in [1.807, 2.05) is 0 Å². The van der Waals surface area contributed by atoms with Gasteiger partial charge in [0.2, 0.25) is 0 Å². The van der Waals surface area contributed by atoms with Gasteiger partial charge >= 0.3 is 0 Å². The summed E-state index contributed by atoms with van der Waals surface area (Å²) in [6, 6.07) is 23.4. The fourth-order valence-corrected chi connectivity index (χ4v) is 4.81. The van der Waals surface area contributed by atoms with Crippen molar-refractivity contribution in [3.63, 3.8) is 0 Å². The molecule has 0 amide bonds. The highest BCUT2D eigenvalue weighted by molar-refractivity contribution is 5.72. The number of fused-ring (bicyclic) bond motifs is 3. The molecular weight excluding hydrogens is 336 g/mol. The maximum absolute atomic E-state index is 2.49. The molecule has 0 heteroatoms. The maximum atomic E-state index is 2.49. The standard InChI is InChI=1S/C28H32/c1-4-8-21-13-15-28-26(16-21)19-25(18-24-10-6-7-11-27(24)28)23-14-12-20(3)22(17-23)9-5-2/h6-7,10-17,25H,4-5,8-9,18-19H2,1-3H3. The summed E-state index contributed by atoms with van der Waals surface area (Å²) in [5, 5.41) is 0. The summed E-state index contributed by atoms with van der Waals surface area (Å²) in [7, 11) is 0. The minimum atomic E-state index is 0.551. The lowest BCUT2D eigenvalue weighted by Crippen LogP contribution is -2.07. The Hall–Kier alpha value is -2.34. The summed E-state index contributed by atoms with van der Waals surface area (Å²) in [5.41, 5.74) is 11.9. The zero-order valence-electron chi connectivity index (χ0n) is 17.6. The average molecular weight is 369 g/mol. The number of benzene rings is 3. The lowest BCUT2D eigenvalue weighted by atomic mass is 9.86. The van der Waals surface area contributed by atoms with Crippen molar-refractivity contribution in [3.8, 4) is 11.1 Å². The van der Waals surface area contributed by atoms with Crippen LogP contribution < -0.4 is 0 Å². The maximum Gasteiger partial charge on any atom is -0.00805 e. The molecule has 0 aromatic heterocycles. The molecule has 3 aromatic carbocycles. The monoisotopic (exact) mass is 368 g/mol. The molecule has 0 nitrogen and oxygen atoms in total. The third-order valence-corrected chi connectivity index (χ3v) is 6.31. The van der Waals surface area contributed by atoms with E-state index >= 15 is 0 Å². The molecule has 0 saturated heterocycles. The summed E-state index contributed by atoms with van der Waals surface area (Å²) in [6.45, 7) is 6.80. The topological polar surface area (TPSA) is 0 Å². The van der Waals surface area contributed by atoms with Crippen molar-refractivity contribution in [2.75, 3.05) is 0 Å². The van der Waals surface area contributed by atoms with Crippen molar-refractivity contribution in [2.45, 2.75) is 65.2 Å². The number of aryl methyl sites for hydroxylation is 3. The van der Waals surface area contributed by atoms with Crippen molar-refractivity contribution in [2.24, 2.45) is 0 Å². The Bertz CT molecular complexity index is 964. The van der Waals surface area contributed by atoms with Gasteiger partial charge in [0.1, 0.15) is 0 Å². The Labute approximate surface area is 170 Å². The lowest BCUT2D eigenvalue weighted by Gasteiger charge is -2.18. The molecule has 3 aromatic rings. The molecule has 0 aliphatic heterocycles. The summed E-state index contributed by atoms with van der Waals surface area (Å²) < 4.78 is 0. The second-order valence-electron chi connectivity index (χ2n) is 8.44. The van der Waals surface area contributed by atoms with Crippen molar-refractivity contribution in [1.82, 2.24) is 0 Å². The minimum Gasteiger partial charge on any atom is -0.0651 e. The van der Waals surface area contributed by atoms with E-state index in [-0.39, 0.29) is 0 Å². The van der Waals surface area contributed by atoms with E-state index in [1.165, 1.54) is 70.2 Å². The molecule has 0 fully saturated rings. The number of hydrogen-bond acceptors (Lipinski definition) is 0. The molecule has 0 saturated carbocycles. The molecule has 144 valence electrons. The van der Waals surface area contributed by atoms with Crippen molar-refractivity contribution in [3.05, 3.63) is 94.0 Å². The van der Waals surface area contributed by atoms with Gasteiger partial charge in [-0.3, -0.25) is 0 Å². The SMILES string of the molecule is CCCc1ccc2c(c1)CC(c1ccc(C)c(CCC)c1)Cc1ccccc1-2. The first-order valence-corrected chi connectivity index (χ1v) is 11.0. The molecule has 1 aliphatic rings. The quantitative estimate of drug-likeness (QED) is 0.439. The van der Waals surface area contributed by atoms with Crippen LogP contribution in [0.5, 0.6) is 0 Å². The Balaban J connectivity index is 1.79. The first-order chi connectivity index (χ1) is 13.7. The normalized spacial score (nSPS) is 15.6. The molecule has 0 spiro atoms. The highest BCUT2D eigenvalue weighted by Gasteiger charge is 2.23. The van der Waals surface area contributed by atoms with E-state index in [0.717, 1.165) is 12.8 Å². The van der Waals surface area contributed by atoms with Crippen LogP contribution in [0.25, 0.3) is 11.1 Å². The molecule has 1 unspecified atom stereocenters. The zero-order chi connectivity index (χ0) is 19.5. The summed E-state index contributed by atoms with van der Waals surface area (Å²) in [5.74, 6) is 0.551.